The summed E-state index contributed by atoms with van der Waals surface area (Å²) in [6, 6.07) is 1.58. The maximum absolute atomic E-state index is 5.96. The summed E-state index contributed by atoms with van der Waals surface area (Å²) in [6.07, 6.45) is 9.83. The van der Waals surface area contributed by atoms with Gasteiger partial charge in [-0.05, 0) is 57.0 Å². The van der Waals surface area contributed by atoms with E-state index in [0.717, 1.165) is 36.4 Å². The highest BCUT2D eigenvalue weighted by molar-refractivity contribution is 4.91. The van der Waals surface area contributed by atoms with E-state index in [1.165, 1.54) is 44.9 Å². The van der Waals surface area contributed by atoms with E-state index in [1.54, 1.807) is 0 Å². The first-order chi connectivity index (χ1) is 8.65. The molecule has 0 heterocycles. The Hall–Kier alpha value is -0.0800. The van der Waals surface area contributed by atoms with Crippen molar-refractivity contribution in [3.63, 3.8) is 0 Å². The van der Waals surface area contributed by atoms with Gasteiger partial charge in [-0.15, -0.1) is 0 Å². The zero-order valence-corrected chi connectivity index (χ0v) is 12.6. The van der Waals surface area contributed by atoms with Crippen LogP contribution in [0.2, 0.25) is 0 Å². The van der Waals surface area contributed by atoms with Crippen LogP contribution in [0, 0.1) is 17.8 Å². The van der Waals surface area contributed by atoms with Crippen molar-refractivity contribution in [1.29, 1.82) is 0 Å². The molecule has 0 bridgehead atoms. The lowest BCUT2D eigenvalue weighted by atomic mass is 9.76. The zero-order valence-electron chi connectivity index (χ0n) is 12.6. The molecular weight excluding hydrogens is 220 g/mol. The molecule has 0 aromatic rings. The molecule has 2 N–H and O–H groups in total. The molecule has 2 heteroatoms. The van der Waals surface area contributed by atoms with E-state index in [4.69, 9.17) is 5.73 Å². The topological polar surface area (TPSA) is 29.3 Å². The van der Waals surface area contributed by atoms with Gasteiger partial charge in [0, 0.05) is 12.1 Å². The lowest BCUT2D eigenvalue weighted by molar-refractivity contribution is 0.0534. The SMILES string of the molecule is CC(C)C1CCCCC1N(C)C1CCCC1CN. The molecule has 0 aromatic heterocycles. The standard InChI is InChI=1S/C16H32N2/c1-12(2)14-8-4-5-9-16(14)18(3)15-10-6-7-13(15)11-17/h12-16H,4-11,17H2,1-3H3. The molecule has 0 aromatic carbocycles. The van der Waals surface area contributed by atoms with Crippen LogP contribution in [0.15, 0.2) is 0 Å². The van der Waals surface area contributed by atoms with Crippen LogP contribution in [0.5, 0.6) is 0 Å². The van der Waals surface area contributed by atoms with Gasteiger partial charge in [-0.25, -0.2) is 0 Å². The largest absolute Gasteiger partial charge is 0.330 e. The van der Waals surface area contributed by atoms with Crippen molar-refractivity contribution in [2.75, 3.05) is 13.6 Å². The molecule has 0 radical (unpaired) electrons. The molecule has 4 atom stereocenters. The Morgan fingerprint density at radius 3 is 2.33 bits per heavy atom. The summed E-state index contributed by atoms with van der Waals surface area (Å²) in [7, 11) is 2.38. The summed E-state index contributed by atoms with van der Waals surface area (Å²) in [5.41, 5.74) is 5.96. The third kappa shape index (κ3) is 2.91. The van der Waals surface area contributed by atoms with Gasteiger partial charge in [-0.3, -0.25) is 4.90 Å². The average molecular weight is 252 g/mol. The predicted molar refractivity (Wildman–Crippen MR) is 78.5 cm³/mol. The van der Waals surface area contributed by atoms with E-state index in [2.05, 4.69) is 25.8 Å². The minimum atomic E-state index is 0.754. The third-order valence-electron chi connectivity index (χ3n) is 5.61. The molecule has 2 fully saturated rings. The van der Waals surface area contributed by atoms with Crippen molar-refractivity contribution in [2.24, 2.45) is 23.5 Å². The number of rotatable bonds is 4. The van der Waals surface area contributed by atoms with Gasteiger partial charge in [0.25, 0.3) is 0 Å². The summed E-state index contributed by atoms with van der Waals surface area (Å²) in [6.45, 7) is 5.70. The predicted octanol–water partition coefficient (Wildman–Crippen LogP) is 3.26. The average Bonchev–Trinajstić information content (AvgIpc) is 2.86. The van der Waals surface area contributed by atoms with Gasteiger partial charge in [0.2, 0.25) is 0 Å². The molecular formula is C16H32N2. The fraction of sp³-hybridized carbons (Fsp3) is 1.00. The highest BCUT2D eigenvalue weighted by Gasteiger charge is 2.37. The highest BCUT2D eigenvalue weighted by atomic mass is 15.2. The Balaban J connectivity index is 2.03. The maximum atomic E-state index is 5.96. The molecule has 4 unspecified atom stereocenters. The summed E-state index contributed by atoms with van der Waals surface area (Å²) >= 11 is 0. The fourth-order valence-electron chi connectivity index (χ4n) is 4.50. The Bertz CT molecular complexity index is 251. The van der Waals surface area contributed by atoms with Crippen LogP contribution in [0.25, 0.3) is 0 Å². The van der Waals surface area contributed by atoms with Crippen LogP contribution in [-0.4, -0.2) is 30.6 Å². The van der Waals surface area contributed by atoms with Gasteiger partial charge in [-0.1, -0.05) is 33.1 Å². The first-order valence-corrected chi connectivity index (χ1v) is 8.07. The normalized spacial score (nSPS) is 37.7. The molecule has 0 aliphatic heterocycles. The van der Waals surface area contributed by atoms with Crippen molar-refractivity contribution in [3.05, 3.63) is 0 Å². The second-order valence-corrected chi connectivity index (χ2v) is 6.92. The van der Waals surface area contributed by atoms with E-state index in [0.29, 0.717) is 0 Å². The highest BCUT2D eigenvalue weighted by Crippen LogP contribution is 2.37. The van der Waals surface area contributed by atoms with Crippen LogP contribution in [-0.2, 0) is 0 Å². The van der Waals surface area contributed by atoms with E-state index >= 15 is 0 Å². The number of hydrogen-bond donors (Lipinski definition) is 1. The second-order valence-electron chi connectivity index (χ2n) is 6.92. The Kier molecular flexibility index (Phi) is 5.08. The van der Waals surface area contributed by atoms with E-state index in [9.17, 15) is 0 Å². The van der Waals surface area contributed by atoms with Crippen LogP contribution in [0.1, 0.15) is 58.8 Å². The van der Waals surface area contributed by atoms with Crippen molar-refractivity contribution >= 4 is 0 Å². The third-order valence-corrected chi connectivity index (χ3v) is 5.61. The van der Waals surface area contributed by atoms with Crippen molar-refractivity contribution < 1.29 is 0 Å². The Morgan fingerprint density at radius 2 is 1.67 bits per heavy atom. The van der Waals surface area contributed by atoms with Gasteiger partial charge in [0.1, 0.15) is 0 Å². The van der Waals surface area contributed by atoms with Gasteiger partial charge in [0.15, 0.2) is 0 Å². The van der Waals surface area contributed by atoms with Crippen LogP contribution < -0.4 is 5.73 Å². The van der Waals surface area contributed by atoms with E-state index < -0.39 is 0 Å². The molecule has 0 spiro atoms. The summed E-state index contributed by atoms with van der Waals surface area (Å²) < 4.78 is 0. The molecule has 18 heavy (non-hydrogen) atoms. The quantitative estimate of drug-likeness (QED) is 0.832. The lowest BCUT2D eigenvalue weighted by Gasteiger charge is -2.44. The molecule has 2 aliphatic rings. The van der Waals surface area contributed by atoms with Crippen molar-refractivity contribution in [1.82, 2.24) is 4.90 Å². The minimum Gasteiger partial charge on any atom is -0.330 e. The van der Waals surface area contributed by atoms with Crippen LogP contribution in [0.4, 0.5) is 0 Å². The van der Waals surface area contributed by atoms with Gasteiger partial charge in [-0.2, -0.15) is 0 Å². The van der Waals surface area contributed by atoms with Gasteiger partial charge < -0.3 is 5.73 Å². The molecule has 0 saturated heterocycles. The summed E-state index contributed by atoms with van der Waals surface area (Å²) in [4.78, 5) is 2.73. The Labute approximate surface area is 113 Å². The second kappa shape index (κ2) is 6.38. The Morgan fingerprint density at radius 1 is 1.00 bits per heavy atom. The molecule has 2 saturated carbocycles. The molecule has 2 nitrogen and oxygen atoms in total. The van der Waals surface area contributed by atoms with Crippen LogP contribution >= 0.6 is 0 Å². The van der Waals surface area contributed by atoms with Gasteiger partial charge in [0.05, 0.1) is 0 Å². The smallest absolute Gasteiger partial charge is 0.0136 e. The first-order valence-electron chi connectivity index (χ1n) is 8.07. The molecule has 2 rings (SSSR count). The summed E-state index contributed by atoms with van der Waals surface area (Å²) in [5, 5.41) is 0. The monoisotopic (exact) mass is 252 g/mol. The molecule has 2 aliphatic carbocycles. The van der Waals surface area contributed by atoms with Crippen LogP contribution in [0.3, 0.4) is 0 Å². The van der Waals surface area contributed by atoms with Crippen molar-refractivity contribution in [2.45, 2.75) is 70.9 Å². The van der Waals surface area contributed by atoms with E-state index in [-0.39, 0.29) is 0 Å². The fourth-order valence-corrected chi connectivity index (χ4v) is 4.50. The number of hydrogen-bond acceptors (Lipinski definition) is 2. The molecule has 0 amide bonds. The number of nitrogens with two attached hydrogens (primary N) is 1. The maximum Gasteiger partial charge on any atom is 0.0136 e. The minimum absolute atomic E-state index is 0.754. The molecule has 106 valence electrons. The van der Waals surface area contributed by atoms with Crippen molar-refractivity contribution in [3.8, 4) is 0 Å². The zero-order chi connectivity index (χ0) is 13.1. The summed E-state index contributed by atoms with van der Waals surface area (Å²) in [5.74, 6) is 2.49. The lowest BCUT2D eigenvalue weighted by Crippen LogP contribution is -2.49. The van der Waals surface area contributed by atoms with Gasteiger partial charge >= 0.3 is 0 Å². The number of nitrogens with zero attached hydrogens (tertiary/aromatic N) is 1. The first kappa shape index (κ1) is 14.3. The van der Waals surface area contributed by atoms with E-state index in [1.807, 2.05) is 0 Å².